The van der Waals surface area contributed by atoms with Crippen LogP contribution in [0.1, 0.15) is 30.5 Å². The summed E-state index contributed by atoms with van der Waals surface area (Å²) in [5, 5.41) is 3.00. The summed E-state index contributed by atoms with van der Waals surface area (Å²) in [6.45, 7) is 3.98. The van der Waals surface area contributed by atoms with Crippen molar-refractivity contribution in [2.45, 2.75) is 26.3 Å². The molecule has 0 saturated heterocycles. The number of nitrogens with one attached hydrogen (secondary N) is 1. The number of benzene rings is 2. The summed E-state index contributed by atoms with van der Waals surface area (Å²) < 4.78 is 16.1. The quantitative estimate of drug-likeness (QED) is 0.795. The minimum atomic E-state index is -0.164. The molecule has 1 N–H and O–H groups in total. The van der Waals surface area contributed by atoms with E-state index in [1.165, 1.54) is 0 Å². The summed E-state index contributed by atoms with van der Waals surface area (Å²) in [6.07, 6.45) is 0.756. The van der Waals surface area contributed by atoms with Crippen molar-refractivity contribution in [3.8, 4) is 17.2 Å². The molecule has 2 aromatic carbocycles. The van der Waals surface area contributed by atoms with Crippen LogP contribution in [0.2, 0.25) is 0 Å². The van der Waals surface area contributed by atoms with Gasteiger partial charge in [-0.15, -0.1) is 0 Å². The van der Waals surface area contributed by atoms with E-state index in [1.807, 2.05) is 56.3 Å². The first-order valence-electron chi connectivity index (χ1n) is 8.28. The molecule has 25 heavy (non-hydrogen) atoms. The van der Waals surface area contributed by atoms with Crippen molar-refractivity contribution in [1.29, 1.82) is 0 Å². The normalized spacial score (nSPS) is 11.5. The number of aryl methyl sites for hydroxylation is 1. The van der Waals surface area contributed by atoms with Gasteiger partial charge in [0.25, 0.3) is 5.91 Å². The Kier molecular flexibility index (Phi) is 6.69. The molecule has 0 aliphatic carbocycles. The number of carbonyl (C=O) groups excluding carboxylic acids is 1. The van der Waals surface area contributed by atoms with E-state index in [1.54, 1.807) is 14.2 Å². The monoisotopic (exact) mass is 343 g/mol. The van der Waals surface area contributed by atoms with Crippen molar-refractivity contribution < 1.29 is 19.0 Å². The lowest BCUT2D eigenvalue weighted by Gasteiger charge is -2.19. The Morgan fingerprint density at radius 1 is 1.08 bits per heavy atom. The maximum atomic E-state index is 12.2. The van der Waals surface area contributed by atoms with Gasteiger partial charge in [-0.25, -0.2) is 0 Å². The third-order valence-corrected chi connectivity index (χ3v) is 3.91. The zero-order valence-electron chi connectivity index (χ0n) is 15.2. The molecule has 2 aromatic rings. The van der Waals surface area contributed by atoms with Crippen molar-refractivity contribution in [3.63, 3.8) is 0 Å². The topological polar surface area (TPSA) is 56.8 Å². The minimum absolute atomic E-state index is 0.0206. The number of amides is 1. The molecule has 5 heteroatoms. The van der Waals surface area contributed by atoms with Gasteiger partial charge in [0.2, 0.25) is 0 Å². The maximum Gasteiger partial charge on any atom is 0.258 e. The van der Waals surface area contributed by atoms with Crippen molar-refractivity contribution in [2.24, 2.45) is 0 Å². The zero-order chi connectivity index (χ0) is 18.2. The van der Waals surface area contributed by atoms with E-state index < -0.39 is 0 Å². The van der Waals surface area contributed by atoms with Crippen molar-refractivity contribution in [3.05, 3.63) is 53.6 Å². The van der Waals surface area contributed by atoms with Gasteiger partial charge in [-0.2, -0.15) is 0 Å². The largest absolute Gasteiger partial charge is 0.493 e. The van der Waals surface area contributed by atoms with E-state index in [9.17, 15) is 4.79 Å². The zero-order valence-corrected chi connectivity index (χ0v) is 15.2. The van der Waals surface area contributed by atoms with Gasteiger partial charge in [-0.1, -0.05) is 25.1 Å². The fourth-order valence-corrected chi connectivity index (χ4v) is 2.58. The summed E-state index contributed by atoms with van der Waals surface area (Å²) in [5.74, 6) is 1.83. The van der Waals surface area contributed by atoms with E-state index in [2.05, 4.69) is 5.32 Å². The summed E-state index contributed by atoms with van der Waals surface area (Å²) in [6, 6.07) is 13.2. The van der Waals surface area contributed by atoms with Gasteiger partial charge in [-0.05, 0) is 48.7 Å². The fourth-order valence-electron chi connectivity index (χ4n) is 2.58. The molecule has 0 aromatic heterocycles. The van der Waals surface area contributed by atoms with Crippen molar-refractivity contribution in [2.75, 3.05) is 20.8 Å². The number of carbonyl (C=O) groups is 1. The molecule has 0 fully saturated rings. The number of hydrogen-bond donors (Lipinski definition) is 1. The Hall–Kier alpha value is -2.69. The predicted molar refractivity (Wildman–Crippen MR) is 97.4 cm³/mol. The second kappa shape index (κ2) is 8.97. The first-order chi connectivity index (χ1) is 12.1. The van der Waals surface area contributed by atoms with Crippen molar-refractivity contribution >= 4 is 5.91 Å². The van der Waals surface area contributed by atoms with Gasteiger partial charge >= 0.3 is 0 Å². The molecule has 1 amide bonds. The lowest BCUT2D eigenvalue weighted by Crippen LogP contribution is -2.32. The summed E-state index contributed by atoms with van der Waals surface area (Å²) in [5.41, 5.74) is 2.05. The van der Waals surface area contributed by atoms with Gasteiger partial charge in [0.15, 0.2) is 18.1 Å². The molecular formula is C20H25NO4. The van der Waals surface area contributed by atoms with Crippen LogP contribution in [0.25, 0.3) is 0 Å². The smallest absolute Gasteiger partial charge is 0.258 e. The SMILES string of the molecule is CCC(NC(=O)COc1cccc(C)c1)c1ccc(OC)c(OC)c1. The Bertz CT molecular complexity index is 715. The Balaban J connectivity index is 2.00. The molecule has 1 atom stereocenters. The van der Waals surface area contributed by atoms with Crippen LogP contribution >= 0.6 is 0 Å². The van der Waals surface area contributed by atoms with E-state index in [4.69, 9.17) is 14.2 Å². The number of methoxy groups -OCH3 is 2. The molecule has 134 valence electrons. The Morgan fingerprint density at radius 3 is 2.48 bits per heavy atom. The van der Waals surface area contributed by atoms with Gasteiger partial charge in [0.1, 0.15) is 5.75 Å². The van der Waals surface area contributed by atoms with E-state index in [0.29, 0.717) is 17.2 Å². The van der Waals surface area contributed by atoms with Crippen molar-refractivity contribution in [1.82, 2.24) is 5.32 Å². The van der Waals surface area contributed by atoms with Crippen LogP contribution in [0.3, 0.4) is 0 Å². The van der Waals surface area contributed by atoms with Crippen LogP contribution in [-0.4, -0.2) is 26.7 Å². The van der Waals surface area contributed by atoms with Gasteiger partial charge in [0.05, 0.1) is 20.3 Å². The second-order valence-electron chi connectivity index (χ2n) is 5.75. The number of rotatable bonds is 8. The van der Waals surface area contributed by atoms with Crippen LogP contribution in [-0.2, 0) is 4.79 Å². The molecule has 2 rings (SSSR count). The fraction of sp³-hybridized carbons (Fsp3) is 0.350. The highest BCUT2D eigenvalue weighted by Crippen LogP contribution is 2.30. The third kappa shape index (κ3) is 5.14. The molecule has 1 unspecified atom stereocenters. The molecule has 0 saturated carbocycles. The average Bonchev–Trinajstić information content (AvgIpc) is 2.64. The summed E-state index contributed by atoms with van der Waals surface area (Å²) >= 11 is 0. The molecule has 5 nitrogen and oxygen atoms in total. The molecule has 0 heterocycles. The van der Waals surface area contributed by atoms with Gasteiger partial charge in [-0.3, -0.25) is 4.79 Å². The third-order valence-electron chi connectivity index (χ3n) is 3.91. The number of ether oxygens (including phenoxy) is 3. The first-order valence-corrected chi connectivity index (χ1v) is 8.28. The van der Waals surface area contributed by atoms with Crippen LogP contribution in [0.15, 0.2) is 42.5 Å². The Labute approximate surface area is 148 Å². The molecule has 0 spiro atoms. The molecule has 0 aliphatic heterocycles. The highest BCUT2D eigenvalue weighted by Gasteiger charge is 2.15. The van der Waals surface area contributed by atoms with E-state index in [-0.39, 0.29) is 18.6 Å². The number of hydrogen-bond acceptors (Lipinski definition) is 4. The van der Waals surface area contributed by atoms with Gasteiger partial charge in [0, 0.05) is 0 Å². The second-order valence-corrected chi connectivity index (χ2v) is 5.75. The van der Waals surface area contributed by atoms with Crippen LogP contribution in [0, 0.1) is 6.92 Å². The van der Waals surface area contributed by atoms with Crippen LogP contribution in [0.5, 0.6) is 17.2 Å². The average molecular weight is 343 g/mol. The summed E-state index contributed by atoms with van der Waals surface area (Å²) in [7, 11) is 3.19. The summed E-state index contributed by atoms with van der Waals surface area (Å²) in [4.78, 5) is 12.2. The minimum Gasteiger partial charge on any atom is -0.493 e. The highest BCUT2D eigenvalue weighted by atomic mass is 16.5. The lowest BCUT2D eigenvalue weighted by atomic mass is 10.0. The van der Waals surface area contributed by atoms with Crippen LogP contribution in [0.4, 0.5) is 0 Å². The molecular weight excluding hydrogens is 318 g/mol. The Morgan fingerprint density at radius 2 is 1.84 bits per heavy atom. The predicted octanol–water partition coefficient (Wildman–Crippen LogP) is 3.66. The maximum absolute atomic E-state index is 12.2. The van der Waals surface area contributed by atoms with Gasteiger partial charge < -0.3 is 19.5 Å². The van der Waals surface area contributed by atoms with E-state index >= 15 is 0 Å². The van der Waals surface area contributed by atoms with E-state index in [0.717, 1.165) is 17.5 Å². The highest BCUT2D eigenvalue weighted by molar-refractivity contribution is 5.78. The first kappa shape index (κ1) is 18.6. The molecule has 0 radical (unpaired) electrons. The molecule has 0 aliphatic rings. The standard InChI is InChI=1S/C20H25NO4/c1-5-17(15-9-10-18(23-3)19(12-15)24-4)21-20(22)13-25-16-8-6-7-14(2)11-16/h6-12,17H,5,13H2,1-4H3,(H,21,22). The molecule has 0 bridgehead atoms. The lowest BCUT2D eigenvalue weighted by molar-refractivity contribution is -0.123. The van der Waals surface area contributed by atoms with Crippen LogP contribution < -0.4 is 19.5 Å².